The lowest BCUT2D eigenvalue weighted by molar-refractivity contribution is -0.385. The van der Waals surface area contributed by atoms with Crippen molar-refractivity contribution in [3.63, 3.8) is 0 Å². The predicted molar refractivity (Wildman–Crippen MR) is 93.9 cm³/mol. The van der Waals surface area contributed by atoms with Crippen LogP contribution < -0.4 is 9.88 Å². The van der Waals surface area contributed by atoms with Crippen LogP contribution in [0.3, 0.4) is 0 Å². The second-order valence-electron chi connectivity index (χ2n) is 5.72. The lowest BCUT2D eigenvalue weighted by Crippen LogP contribution is -2.48. The van der Waals surface area contributed by atoms with Crippen molar-refractivity contribution >= 4 is 23.4 Å². The second-order valence-corrected chi connectivity index (χ2v) is 5.72. The molecule has 7 heteroatoms. The molecule has 0 spiro atoms. The number of anilines is 1. The minimum Gasteiger partial charge on any atom is -0.368 e. The Labute approximate surface area is 145 Å². The molecule has 0 radical (unpaired) electrons. The molecule has 1 aromatic heterocycles. The number of nitro benzene ring substituents is 1. The van der Waals surface area contributed by atoms with Crippen molar-refractivity contribution in [3.8, 4) is 0 Å². The summed E-state index contributed by atoms with van der Waals surface area (Å²) in [5, 5.41) is 11.0. The standard InChI is InChI=1S/C18H18N4O3/c23-18(6-5-15-3-1-2-4-17(15)22(24)25)21-13-11-20(12-14-21)16-7-9-19-10-8-16/h1-10H,11-14H2/p+1/b6-5+. The van der Waals surface area contributed by atoms with Gasteiger partial charge in [-0.05, 0) is 12.1 Å². The van der Waals surface area contributed by atoms with E-state index in [2.05, 4.69) is 9.88 Å². The van der Waals surface area contributed by atoms with Crippen LogP contribution in [0.1, 0.15) is 5.56 Å². The Hall–Kier alpha value is -3.22. The van der Waals surface area contributed by atoms with E-state index in [0.717, 1.165) is 18.8 Å². The summed E-state index contributed by atoms with van der Waals surface area (Å²) >= 11 is 0. The van der Waals surface area contributed by atoms with Crippen molar-refractivity contribution in [2.75, 3.05) is 31.1 Å². The number of hydrogen-bond donors (Lipinski definition) is 0. The van der Waals surface area contributed by atoms with Gasteiger partial charge in [0.25, 0.3) is 5.69 Å². The van der Waals surface area contributed by atoms with Gasteiger partial charge in [0, 0.05) is 56.1 Å². The fourth-order valence-corrected chi connectivity index (χ4v) is 2.84. The van der Waals surface area contributed by atoms with Gasteiger partial charge in [-0.25, -0.2) is 4.98 Å². The van der Waals surface area contributed by atoms with Crippen molar-refractivity contribution < 1.29 is 14.7 Å². The van der Waals surface area contributed by atoms with E-state index in [1.807, 2.05) is 24.5 Å². The molecule has 0 unspecified atom stereocenters. The minimum atomic E-state index is -0.444. The van der Waals surface area contributed by atoms with Crippen LogP contribution in [-0.4, -0.2) is 41.9 Å². The van der Waals surface area contributed by atoms with E-state index in [-0.39, 0.29) is 11.6 Å². The maximum absolute atomic E-state index is 12.3. The van der Waals surface area contributed by atoms with Crippen molar-refractivity contribution in [3.05, 3.63) is 70.5 Å². The third-order valence-electron chi connectivity index (χ3n) is 4.20. The van der Waals surface area contributed by atoms with E-state index in [1.54, 1.807) is 23.1 Å². The Morgan fingerprint density at radius 3 is 2.44 bits per heavy atom. The van der Waals surface area contributed by atoms with E-state index in [9.17, 15) is 14.9 Å². The fraction of sp³-hybridized carbons (Fsp3) is 0.222. The Morgan fingerprint density at radius 2 is 1.76 bits per heavy atom. The first-order valence-corrected chi connectivity index (χ1v) is 8.06. The average molecular weight is 339 g/mol. The molecular formula is C18H19N4O3+. The molecule has 0 bridgehead atoms. The normalized spacial score (nSPS) is 14.7. The second kappa shape index (κ2) is 7.57. The zero-order chi connectivity index (χ0) is 17.6. The number of rotatable bonds is 4. The zero-order valence-electron chi connectivity index (χ0n) is 13.7. The first kappa shape index (κ1) is 16.6. The Balaban J connectivity index is 1.61. The number of hydrogen-bond acceptors (Lipinski definition) is 4. The molecule has 7 nitrogen and oxygen atoms in total. The molecule has 2 aromatic rings. The van der Waals surface area contributed by atoms with Gasteiger partial charge in [-0.2, -0.15) is 0 Å². The number of carbonyl (C=O) groups is 1. The van der Waals surface area contributed by atoms with Crippen LogP contribution in [-0.2, 0) is 4.79 Å². The van der Waals surface area contributed by atoms with Gasteiger partial charge >= 0.3 is 0 Å². The van der Waals surface area contributed by atoms with Gasteiger partial charge in [0.15, 0.2) is 12.4 Å². The number of nitrogens with zero attached hydrogens (tertiary/aromatic N) is 3. The number of aromatic amines is 1. The Kier molecular flexibility index (Phi) is 5.03. The Morgan fingerprint density at radius 1 is 1.08 bits per heavy atom. The topological polar surface area (TPSA) is 80.8 Å². The molecule has 2 heterocycles. The molecule has 0 aliphatic carbocycles. The Bertz CT molecular complexity index is 784. The molecule has 1 N–H and O–H groups in total. The number of H-pyrrole nitrogens is 1. The summed E-state index contributed by atoms with van der Waals surface area (Å²) in [6.45, 7) is 2.77. The van der Waals surface area contributed by atoms with Crippen LogP contribution >= 0.6 is 0 Å². The van der Waals surface area contributed by atoms with E-state index in [4.69, 9.17) is 0 Å². The molecule has 1 fully saturated rings. The molecule has 0 atom stereocenters. The monoisotopic (exact) mass is 339 g/mol. The van der Waals surface area contributed by atoms with Crippen molar-refractivity contribution in [1.29, 1.82) is 0 Å². The summed E-state index contributed by atoms with van der Waals surface area (Å²) in [6.07, 6.45) is 6.68. The highest BCUT2D eigenvalue weighted by Gasteiger charge is 2.20. The lowest BCUT2D eigenvalue weighted by atomic mass is 10.1. The minimum absolute atomic E-state index is 0.00254. The average Bonchev–Trinajstić information content (AvgIpc) is 2.67. The molecule has 0 saturated carbocycles. The number of amides is 1. The molecule has 25 heavy (non-hydrogen) atoms. The quantitative estimate of drug-likeness (QED) is 0.483. The van der Waals surface area contributed by atoms with Crippen molar-refractivity contribution in [1.82, 2.24) is 4.90 Å². The smallest absolute Gasteiger partial charge is 0.276 e. The van der Waals surface area contributed by atoms with E-state index < -0.39 is 4.92 Å². The highest BCUT2D eigenvalue weighted by atomic mass is 16.6. The SMILES string of the molecule is O=C(/C=C/c1ccccc1[N+](=O)[O-])N1CCN(c2cc[nH+]cc2)CC1. The third kappa shape index (κ3) is 4.00. The number of para-hydroxylation sites is 1. The van der Waals surface area contributed by atoms with Gasteiger partial charge < -0.3 is 9.80 Å². The van der Waals surface area contributed by atoms with Crippen LogP contribution in [0.5, 0.6) is 0 Å². The number of nitro groups is 1. The molecule has 1 aromatic carbocycles. The number of piperazine rings is 1. The molecular weight excluding hydrogens is 320 g/mol. The molecule has 1 amide bonds. The van der Waals surface area contributed by atoms with E-state index >= 15 is 0 Å². The molecule has 1 saturated heterocycles. The number of benzene rings is 1. The van der Waals surface area contributed by atoms with Crippen LogP contribution in [0.15, 0.2) is 54.9 Å². The third-order valence-corrected chi connectivity index (χ3v) is 4.20. The summed E-state index contributed by atoms with van der Waals surface area (Å²) in [7, 11) is 0. The maximum atomic E-state index is 12.3. The number of nitrogens with one attached hydrogen (secondary N) is 1. The molecule has 3 rings (SSSR count). The largest absolute Gasteiger partial charge is 0.368 e. The zero-order valence-corrected chi connectivity index (χ0v) is 13.7. The summed E-state index contributed by atoms with van der Waals surface area (Å²) in [5.41, 5.74) is 1.55. The van der Waals surface area contributed by atoms with Gasteiger partial charge in [0.1, 0.15) is 0 Å². The number of carbonyl (C=O) groups excluding carboxylic acids is 1. The van der Waals surface area contributed by atoms with Gasteiger partial charge in [0.05, 0.1) is 10.5 Å². The summed E-state index contributed by atoms with van der Waals surface area (Å²) in [5.74, 6) is -0.126. The number of aromatic nitrogens is 1. The summed E-state index contributed by atoms with van der Waals surface area (Å²) in [4.78, 5) is 29.9. The van der Waals surface area contributed by atoms with Crippen LogP contribution in [0.25, 0.3) is 6.08 Å². The van der Waals surface area contributed by atoms with E-state index in [1.165, 1.54) is 18.2 Å². The molecule has 1 aliphatic rings. The highest BCUT2D eigenvalue weighted by Crippen LogP contribution is 2.19. The lowest BCUT2D eigenvalue weighted by Gasteiger charge is -2.35. The van der Waals surface area contributed by atoms with Gasteiger partial charge in [-0.15, -0.1) is 0 Å². The van der Waals surface area contributed by atoms with E-state index in [0.29, 0.717) is 18.7 Å². The highest BCUT2D eigenvalue weighted by molar-refractivity contribution is 5.92. The molecule has 128 valence electrons. The fourth-order valence-electron chi connectivity index (χ4n) is 2.84. The van der Waals surface area contributed by atoms with Crippen LogP contribution in [0.2, 0.25) is 0 Å². The summed E-state index contributed by atoms with van der Waals surface area (Å²) in [6, 6.07) is 10.4. The summed E-state index contributed by atoms with van der Waals surface area (Å²) < 4.78 is 0. The number of pyridine rings is 1. The maximum Gasteiger partial charge on any atom is 0.276 e. The van der Waals surface area contributed by atoms with Gasteiger partial charge in [-0.1, -0.05) is 12.1 Å². The van der Waals surface area contributed by atoms with Gasteiger partial charge in [-0.3, -0.25) is 14.9 Å². The van der Waals surface area contributed by atoms with Gasteiger partial charge in [0.2, 0.25) is 5.91 Å². The van der Waals surface area contributed by atoms with Crippen LogP contribution in [0.4, 0.5) is 11.4 Å². The molecule has 1 aliphatic heterocycles. The van der Waals surface area contributed by atoms with Crippen LogP contribution in [0, 0.1) is 10.1 Å². The predicted octanol–water partition coefficient (Wildman–Crippen LogP) is 1.77. The first-order chi connectivity index (χ1) is 12.1. The first-order valence-electron chi connectivity index (χ1n) is 8.06. The van der Waals surface area contributed by atoms with Crippen molar-refractivity contribution in [2.45, 2.75) is 0 Å². The van der Waals surface area contributed by atoms with Crippen molar-refractivity contribution in [2.24, 2.45) is 0 Å².